The largest absolute Gasteiger partial charge is 0.480 e. The van der Waals surface area contributed by atoms with E-state index in [0.29, 0.717) is 12.8 Å². The first-order chi connectivity index (χ1) is 32.6. The second-order valence-corrected chi connectivity index (χ2v) is 20.9. The standard InChI is InChI=1S/C55H106NO10P/c1-3-5-7-9-11-13-15-17-19-21-23-25-26-27-29-31-33-35-37-39-41-43-45-47-54(59)64-48-51(57)49-65-67(62,63)66-50-52(55(60)61)56-53(58)46-44-42-40-38-36-34-32-30-28-24-22-20-18-16-14-12-10-8-6-4-2/h17,19,51-52,57H,3-16,18,20-50H2,1-2H3,(H,56,58)(H,60,61)(H,62,63)/b19-17+. The Balaban J connectivity index is 3.74. The van der Waals surface area contributed by atoms with Gasteiger partial charge in [-0.3, -0.25) is 18.6 Å². The quantitative estimate of drug-likeness (QED) is 0.0199. The fourth-order valence-corrected chi connectivity index (χ4v) is 9.20. The van der Waals surface area contributed by atoms with Crippen LogP contribution in [0, 0.1) is 0 Å². The number of carboxylic acid groups (broad SMARTS) is 1. The smallest absolute Gasteiger partial charge is 0.472 e. The van der Waals surface area contributed by atoms with E-state index in [-0.39, 0.29) is 12.8 Å². The Bertz CT molecular complexity index is 1190. The maximum absolute atomic E-state index is 12.4. The van der Waals surface area contributed by atoms with E-state index in [1.165, 1.54) is 212 Å². The molecular weight excluding hydrogens is 866 g/mol. The summed E-state index contributed by atoms with van der Waals surface area (Å²) in [5.74, 6) is -2.35. The van der Waals surface area contributed by atoms with Crippen molar-refractivity contribution >= 4 is 25.7 Å². The number of unbranched alkanes of at least 4 members (excludes halogenated alkanes) is 38. The lowest BCUT2D eigenvalue weighted by Crippen LogP contribution is -2.43. The number of carbonyl (C=O) groups is 3. The molecule has 67 heavy (non-hydrogen) atoms. The summed E-state index contributed by atoms with van der Waals surface area (Å²) in [7, 11) is -4.76. The number of hydrogen-bond donors (Lipinski definition) is 4. The highest BCUT2D eigenvalue weighted by atomic mass is 31.2. The molecule has 0 spiro atoms. The van der Waals surface area contributed by atoms with Crippen molar-refractivity contribution in [2.24, 2.45) is 0 Å². The maximum Gasteiger partial charge on any atom is 0.472 e. The lowest BCUT2D eigenvalue weighted by Gasteiger charge is -2.18. The zero-order chi connectivity index (χ0) is 49.2. The number of amides is 1. The van der Waals surface area contributed by atoms with Gasteiger partial charge in [0.2, 0.25) is 5.91 Å². The molecule has 0 radical (unpaired) electrons. The van der Waals surface area contributed by atoms with Crippen LogP contribution in [0.2, 0.25) is 0 Å². The van der Waals surface area contributed by atoms with Crippen LogP contribution in [0.15, 0.2) is 12.2 Å². The van der Waals surface area contributed by atoms with Crippen LogP contribution in [-0.4, -0.2) is 64.9 Å². The third-order valence-electron chi connectivity index (χ3n) is 12.8. The Morgan fingerprint density at radius 1 is 0.463 bits per heavy atom. The monoisotopic (exact) mass is 972 g/mol. The van der Waals surface area contributed by atoms with E-state index >= 15 is 0 Å². The van der Waals surface area contributed by atoms with Crippen molar-refractivity contribution in [1.82, 2.24) is 5.32 Å². The van der Waals surface area contributed by atoms with Crippen LogP contribution in [-0.2, 0) is 32.7 Å². The average Bonchev–Trinajstić information content (AvgIpc) is 3.31. The first kappa shape index (κ1) is 65.2. The minimum atomic E-state index is -4.76. The number of allylic oxidation sites excluding steroid dienone is 2. The molecule has 0 aromatic heterocycles. The van der Waals surface area contributed by atoms with Gasteiger partial charge in [-0.05, 0) is 38.5 Å². The van der Waals surface area contributed by atoms with E-state index in [0.717, 1.165) is 38.5 Å². The molecule has 0 bridgehead atoms. The van der Waals surface area contributed by atoms with E-state index < -0.39 is 57.6 Å². The number of nitrogens with one attached hydrogen (secondary N) is 1. The number of carbonyl (C=O) groups excluding carboxylic acids is 2. The molecule has 0 heterocycles. The van der Waals surface area contributed by atoms with Gasteiger partial charge in [0, 0.05) is 12.8 Å². The first-order valence-corrected chi connectivity index (χ1v) is 29.7. The molecule has 0 saturated heterocycles. The molecule has 1 amide bonds. The van der Waals surface area contributed by atoms with Crippen LogP contribution in [0.5, 0.6) is 0 Å². The predicted molar refractivity (Wildman–Crippen MR) is 277 cm³/mol. The van der Waals surface area contributed by atoms with Gasteiger partial charge in [-0.15, -0.1) is 0 Å². The highest BCUT2D eigenvalue weighted by Gasteiger charge is 2.28. The summed E-state index contributed by atoms with van der Waals surface area (Å²) < 4.78 is 27.0. The first-order valence-electron chi connectivity index (χ1n) is 28.2. The van der Waals surface area contributed by atoms with Gasteiger partial charge in [-0.2, -0.15) is 0 Å². The van der Waals surface area contributed by atoms with Crippen molar-refractivity contribution < 1.29 is 47.8 Å². The highest BCUT2D eigenvalue weighted by Crippen LogP contribution is 2.43. The van der Waals surface area contributed by atoms with Crippen molar-refractivity contribution in [2.75, 3.05) is 19.8 Å². The van der Waals surface area contributed by atoms with Crippen molar-refractivity contribution in [1.29, 1.82) is 0 Å². The van der Waals surface area contributed by atoms with Crippen molar-refractivity contribution in [3.05, 3.63) is 12.2 Å². The van der Waals surface area contributed by atoms with Gasteiger partial charge in [-0.1, -0.05) is 251 Å². The van der Waals surface area contributed by atoms with Crippen molar-refractivity contribution in [2.45, 2.75) is 302 Å². The van der Waals surface area contributed by atoms with E-state index in [9.17, 15) is 34.1 Å². The minimum Gasteiger partial charge on any atom is -0.480 e. The summed E-state index contributed by atoms with van der Waals surface area (Å²) in [4.78, 5) is 46.2. The second kappa shape index (κ2) is 50.6. The van der Waals surface area contributed by atoms with E-state index in [1.807, 2.05) is 0 Å². The molecule has 0 fully saturated rings. The Hall–Kier alpha value is -1.78. The number of carboxylic acids is 1. The number of aliphatic hydroxyl groups excluding tert-OH is 1. The van der Waals surface area contributed by atoms with Gasteiger partial charge < -0.3 is 25.2 Å². The number of aliphatic carboxylic acids is 1. The van der Waals surface area contributed by atoms with Crippen LogP contribution in [0.1, 0.15) is 290 Å². The van der Waals surface area contributed by atoms with E-state index in [1.54, 1.807) is 0 Å². The van der Waals surface area contributed by atoms with Gasteiger partial charge in [0.15, 0.2) is 6.04 Å². The molecule has 11 nitrogen and oxygen atoms in total. The van der Waals surface area contributed by atoms with Crippen LogP contribution >= 0.6 is 7.82 Å². The Labute approximate surface area is 411 Å². The molecule has 3 atom stereocenters. The topological polar surface area (TPSA) is 169 Å². The van der Waals surface area contributed by atoms with Gasteiger partial charge >= 0.3 is 19.8 Å². The van der Waals surface area contributed by atoms with E-state index in [2.05, 4.69) is 31.3 Å². The van der Waals surface area contributed by atoms with Gasteiger partial charge in [0.05, 0.1) is 13.2 Å². The normalized spacial score (nSPS) is 13.5. The summed E-state index contributed by atoms with van der Waals surface area (Å²) in [6, 6.07) is -1.54. The Morgan fingerprint density at radius 3 is 1.13 bits per heavy atom. The van der Waals surface area contributed by atoms with Crippen LogP contribution in [0.3, 0.4) is 0 Å². The molecule has 0 saturated carbocycles. The van der Waals surface area contributed by atoms with E-state index in [4.69, 9.17) is 13.8 Å². The zero-order valence-electron chi connectivity index (χ0n) is 43.5. The molecule has 396 valence electrons. The molecule has 0 aliphatic rings. The van der Waals surface area contributed by atoms with Gasteiger partial charge in [0.1, 0.15) is 12.7 Å². The summed E-state index contributed by atoms with van der Waals surface area (Å²) in [6.07, 6.45) is 55.2. The van der Waals surface area contributed by atoms with Crippen LogP contribution in [0.25, 0.3) is 0 Å². The fraction of sp³-hybridized carbons (Fsp3) is 0.909. The third kappa shape index (κ3) is 50.4. The van der Waals surface area contributed by atoms with Crippen molar-refractivity contribution in [3.63, 3.8) is 0 Å². The minimum absolute atomic E-state index is 0.152. The molecule has 0 aromatic rings. The number of esters is 1. The number of ether oxygens (including phenoxy) is 1. The molecule has 3 unspecified atom stereocenters. The lowest BCUT2D eigenvalue weighted by molar-refractivity contribution is -0.147. The summed E-state index contributed by atoms with van der Waals surface area (Å²) >= 11 is 0. The lowest BCUT2D eigenvalue weighted by atomic mass is 10.0. The fourth-order valence-electron chi connectivity index (χ4n) is 8.43. The number of hydrogen-bond acceptors (Lipinski definition) is 8. The number of phosphoric ester groups is 1. The third-order valence-corrected chi connectivity index (χ3v) is 13.8. The number of aliphatic hydroxyl groups is 1. The van der Waals surface area contributed by atoms with Crippen LogP contribution in [0.4, 0.5) is 0 Å². The summed E-state index contributed by atoms with van der Waals surface area (Å²) in [6.45, 7) is 2.66. The average molecular weight is 972 g/mol. The van der Waals surface area contributed by atoms with Gasteiger partial charge in [0.25, 0.3) is 0 Å². The Morgan fingerprint density at radius 2 is 0.776 bits per heavy atom. The molecule has 12 heteroatoms. The number of phosphoric acid groups is 1. The van der Waals surface area contributed by atoms with Gasteiger partial charge in [-0.25, -0.2) is 9.36 Å². The molecule has 0 aromatic carbocycles. The summed E-state index contributed by atoms with van der Waals surface area (Å²) in [5.41, 5.74) is 0. The second-order valence-electron chi connectivity index (χ2n) is 19.5. The van der Waals surface area contributed by atoms with Crippen molar-refractivity contribution in [3.8, 4) is 0 Å². The molecule has 4 N–H and O–H groups in total. The summed E-state index contributed by atoms with van der Waals surface area (Å²) in [5, 5.41) is 22.0. The number of rotatable bonds is 54. The molecule has 0 rings (SSSR count). The SMILES string of the molecule is CCCCCCCC/C=C/CCCCCCCCCCCCCCCC(=O)OCC(O)COP(=O)(O)OCC(NC(=O)CCCCCCCCCCCCCCCCCCCCCC)C(=O)O. The maximum atomic E-state index is 12.4. The molecule has 0 aliphatic heterocycles. The Kier molecular flexibility index (Phi) is 49.3. The van der Waals surface area contributed by atoms with Crippen LogP contribution < -0.4 is 5.32 Å². The molecule has 0 aliphatic carbocycles. The zero-order valence-corrected chi connectivity index (χ0v) is 44.4. The highest BCUT2D eigenvalue weighted by molar-refractivity contribution is 7.47. The predicted octanol–water partition coefficient (Wildman–Crippen LogP) is 16.0. The molecular formula is C55H106NO10P.